The molecule has 8 N–H and O–H groups in total. The molecule has 564 valence electrons. The number of allylic oxidation sites excluding steroid dienone is 5. The number of urea groups is 1. The molecule has 4 aliphatic heterocycles. The van der Waals surface area contributed by atoms with Crippen molar-refractivity contribution in [2.45, 2.75) is 193 Å². The number of methoxy groups -OCH3 is 2. The largest absolute Gasteiger partial charge is 0.495 e. The van der Waals surface area contributed by atoms with Gasteiger partial charge in [-0.05, 0) is 118 Å². The number of fused-ring (bicyclic) bond motifs is 10. The van der Waals surface area contributed by atoms with E-state index in [0.29, 0.717) is 48.4 Å². The first kappa shape index (κ1) is 80.1. The van der Waals surface area contributed by atoms with Crippen molar-refractivity contribution >= 4 is 88.5 Å². The van der Waals surface area contributed by atoms with Gasteiger partial charge in [-0.3, -0.25) is 43.8 Å². The maximum atomic E-state index is 14.5. The van der Waals surface area contributed by atoms with Crippen molar-refractivity contribution in [3.8, 4) is 5.75 Å². The zero-order valence-electron chi connectivity index (χ0n) is 61.5. The molecule has 6 aliphatic rings. The number of ether oxygens (including phenoxy) is 6. The van der Waals surface area contributed by atoms with Crippen molar-refractivity contribution in [3.63, 3.8) is 0 Å². The number of anilines is 2. The molecule has 11 amide bonds. The number of likely N-dealkylation sites (tertiary alicyclic amines) is 1. The SMILES string of the molecule is COc1cc2cc(c1Cl)N(C)C(=O)C[C@H](OC(=O)[C@H](C)N(C)C(=O)CCN(C)C(=O)OCc1ccc(NC(=O)[C@H](CCCNC(N)=O)NC(=O)[C@@H](NC(=O)CCCCCN3C(=O)C4C5C=C(C(C)(C)C)C(C5)C4C3=O)C(C)C)cc1)[C@]1(C)O[C@H]1[C@H](C)[C@@H]1C[C@@](O)(NC(=O)O1)[C@H](OC)/C=C/C=C(\C)C2. The lowest BCUT2D eigenvalue weighted by molar-refractivity contribution is -0.162. The van der Waals surface area contributed by atoms with Crippen LogP contribution in [0.15, 0.2) is 71.8 Å². The lowest BCUT2D eigenvalue weighted by Gasteiger charge is -2.42. The Morgan fingerprint density at radius 3 is 2.29 bits per heavy atom. The van der Waals surface area contributed by atoms with Crippen LogP contribution in [0, 0.1) is 40.9 Å². The summed E-state index contributed by atoms with van der Waals surface area (Å²) in [5, 5.41) is 25.4. The van der Waals surface area contributed by atoms with Crippen molar-refractivity contribution in [2.75, 3.05) is 65.2 Å². The monoisotopic (exact) mass is 1450 g/mol. The maximum absolute atomic E-state index is 14.5. The second kappa shape index (κ2) is 33.9. The number of nitrogens with zero attached hydrogens (tertiary/aromatic N) is 4. The first-order valence-electron chi connectivity index (χ1n) is 35.3. The minimum Gasteiger partial charge on any atom is -0.495 e. The molecule has 1 saturated carbocycles. The first-order chi connectivity index (χ1) is 48.5. The number of esters is 1. The summed E-state index contributed by atoms with van der Waals surface area (Å²) in [6.07, 6.45) is 4.08. The molecular weight excluding hydrogens is 1350 g/mol. The van der Waals surface area contributed by atoms with Crippen LogP contribution in [0.25, 0.3) is 0 Å². The van der Waals surface area contributed by atoms with E-state index in [9.17, 15) is 57.8 Å². The van der Waals surface area contributed by atoms with Gasteiger partial charge in [-0.25, -0.2) is 19.2 Å². The second-order valence-electron chi connectivity index (χ2n) is 29.7. The average Bonchev–Trinajstić information content (AvgIpc) is 1.56. The Morgan fingerprint density at radius 2 is 1.63 bits per heavy atom. The van der Waals surface area contributed by atoms with E-state index in [-0.39, 0.29) is 116 Å². The van der Waals surface area contributed by atoms with Gasteiger partial charge in [0.1, 0.15) is 59.4 Å². The van der Waals surface area contributed by atoms with Gasteiger partial charge in [-0.1, -0.05) is 107 Å². The van der Waals surface area contributed by atoms with Gasteiger partial charge in [0.25, 0.3) is 0 Å². The first-order valence-corrected chi connectivity index (χ1v) is 35.7. The predicted octanol–water partition coefficient (Wildman–Crippen LogP) is 6.97. The number of likely N-dealkylation sites (N-methyl/N-ethyl adjacent to an activating group) is 1. The summed E-state index contributed by atoms with van der Waals surface area (Å²) >= 11 is 6.85. The molecule has 0 aromatic heterocycles. The molecule has 4 heterocycles. The molecule has 0 radical (unpaired) electrons. The van der Waals surface area contributed by atoms with Crippen LogP contribution in [0.1, 0.15) is 138 Å². The highest BCUT2D eigenvalue weighted by molar-refractivity contribution is 6.35. The molecule has 29 heteroatoms. The molecule has 3 saturated heterocycles. The number of halogens is 1. The number of rotatable bonds is 26. The third-order valence-corrected chi connectivity index (χ3v) is 21.2. The number of epoxide rings is 1. The fourth-order valence-electron chi connectivity index (χ4n) is 14.6. The highest BCUT2D eigenvalue weighted by atomic mass is 35.5. The molecule has 8 rings (SSSR count). The number of aliphatic hydroxyl groups is 1. The summed E-state index contributed by atoms with van der Waals surface area (Å²) < 4.78 is 35.1. The molecule has 2 aliphatic carbocycles. The fraction of sp³-hybridized carbons (Fsp3) is 0.608. The molecule has 28 nitrogen and oxygen atoms in total. The van der Waals surface area contributed by atoms with Crippen LogP contribution in [0.4, 0.5) is 25.8 Å². The van der Waals surface area contributed by atoms with E-state index in [1.54, 1.807) is 76.2 Å². The summed E-state index contributed by atoms with van der Waals surface area (Å²) in [5.41, 5.74) is 5.99. The van der Waals surface area contributed by atoms with E-state index in [4.69, 9.17) is 45.8 Å². The van der Waals surface area contributed by atoms with Crippen LogP contribution in [-0.4, -0.2) is 194 Å². The lowest BCUT2D eigenvalue weighted by Crippen LogP contribution is -2.63. The number of nitrogens with one attached hydrogen (secondary N) is 5. The van der Waals surface area contributed by atoms with E-state index in [1.807, 2.05) is 13.0 Å². The maximum Gasteiger partial charge on any atom is 0.409 e. The Bertz CT molecular complexity index is 3630. The lowest BCUT2D eigenvalue weighted by atomic mass is 9.72. The number of benzene rings is 2. The highest BCUT2D eigenvalue weighted by Crippen LogP contribution is 2.59. The summed E-state index contributed by atoms with van der Waals surface area (Å²) in [6, 6.07) is 5.75. The summed E-state index contributed by atoms with van der Waals surface area (Å²) in [4.78, 5) is 154. The van der Waals surface area contributed by atoms with Crippen molar-refractivity contribution in [2.24, 2.45) is 46.7 Å². The quantitative estimate of drug-likeness (QED) is 0.0125. The zero-order chi connectivity index (χ0) is 75.7. The van der Waals surface area contributed by atoms with Gasteiger partial charge in [-0.15, -0.1) is 0 Å². The zero-order valence-corrected chi connectivity index (χ0v) is 62.3. The third-order valence-electron chi connectivity index (χ3n) is 20.8. The molecule has 103 heavy (non-hydrogen) atoms. The fourth-order valence-corrected chi connectivity index (χ4v) is 14.9. The number of unbranched alkanes of at least 4 members (excludes halogenated alkanes) is 2. The number of nitrogens with two attached hydrogens (primary N) is 1. The number of primary amides is 1. The number of hydrogen-bond acceptors (Lipinski definition) is 18. The molecule has 6 bridgehead atoms. The minimum atomic E-state index is -1.91. The summed E-state index contributed by atoms with van der Waals surface area (Å²) in [7, 11) is 7.21. The standard InChI is InChI=1S/C74H103ClN10O18/c1-40(2)62(80-56(86)23-16-15-17-30-85-66(91)59-46-35-48(60(59)67(85)92)49(36-46)72(6,7)8)65(90)79-50(21-19-29-77-69(76)94)64(89)78-47-26-24-44(25-27-47)39-100-71(96)82(10)31-28-57(87)83(11)43(5)68(93)102-55-37-58(88)84(12)51-33-45(34-52(98-13)61(51)75)32-41(3)20-18-22-54(99-14)74(97)38-53(101-70(95)81-74)42(4)63-73(55,9)103-63/h18,20,22,24-27,33-34,36,40,42-43,46,48,50,53-55,59-60,62-63,97H,15-17,19,21,23,28-32,35,37-39H2,1-14H3,(H,78,89)(H,79,90)(H,80,86)(H,81,95)(H3,76,77,94)/b22-18+,41-20+/t42-,43+,46?,48?,50+,53+,54-,55+,59?,60?,62+,63+,73+,74+/m1/s1. The Balaban J connectivity index is 0.815. The van der Waals surface area contributed by atoms with Gasteiger partial charge in [0.05, 0.1) is 37.2 Å². The summed E-state index contributed by atoms with van der Waals surface area (Å²) in [5.74, 6) is -4.83. The molecular formula is C74H103ClN10O18. The van der Waals surface area contributed by atoms with E-state index in [0.717, 1.165) is 22.5 Å². The second-order valence-corrected chi connectivity index (χ2v) is 30.0. The minimum absolute atomic E-state index is 0.0697. The van der Waals surface area contributed by atoms with E-state index < -0.39 is 114 Å². The van der Waals surface area contributed by atoms with Gasteiger partial charge in [0, 0.05) is 78.8 Å². The van der Waals surface area contributed by atoms with E-state index in [1.165, 1.54) is 62.6 Å². The van der Waals surface area contributed by atoms with Crippen molar-refractivity contribution < 1.29 is 86.3 Å². The predicted molar refractivity (Wildman–Crippen MR) is 380 cm³/mol. The van der Waals surface area contributed by atoms with Crippen LogP contribution in [0.5, 0.6) is 5.75 Å². The number of amides is 11. The van der Waals surface area contributed by atoms with Crippen molar-refractivity contribution in [1.29, 1.82) is 0 Å². The van der Waals surface area contributed by atoms with E-state index in [2.05, 4.69) is 53.4 Å². The molecule has 2 aromatic rings. The highest BCUT2D eigenvalue weighted by Gasteiger charge is 2.65. The Labute approximate surface area is 607 Å². The normalized spacial score (nSPS) is 26.9. The van der Waals surface area contributed by atoms with Crippen LogP contribution >= 0.6 is 11.6 Å². The van der Waals surface area contributed by atoms with Gasteiger partial charge in [0.2, 0.25) is 41.4 Å². The Morgan fingerprint density at radius 1 is 0.932 bits per heavy atom. The number of hydrogen-bond donors (Lipinski definition) is 7. The molecule has 4 unspecified atom stereocenters. The number of carbonyl (C=O) groups excluding carboxylic acids is 11. The number of carbonyl (C=O) groups is 11. The molecule has 2 aromatic carbocycles. The van der Waals surface area contributed by atoms with Crippen LogP contribution in [0.2, 0.25) is 5.02 Å². The van der Waals surface area contributed by atoms with Gasteiger partial charge >= 0.3 is 24.2 Å². The van der Waals surface area contributed by atoms with Crippen LogP contribution in [0.3, 0.4) is 0 Å². The Kier molecular flexibility index (Phi) is 26.4. The van der Waals surface area contributed by atoms with Gasteiger partial charge in [0.15, 0.2) is 5.72 Å². The number of alkyl carbamates (subject to hydrolysis) is 1. The third kappa shape index (κ3) is 19.2. The molecule has 0 spiro atoms. The van der Waals surface area contributed by atoms with E-state index >= 15 is 0 Å². The average molecular weight is 1460 g/mol. The molecule has 14 atom stereocenters. The van der Waals surface area contributed by atoms with Crippen molar-refractivity contribution in [1.82, 2.24) is 36.0 Å². The summed E-state index contributed by atoms with van der Waals surface area (Å²) in [6.45, 7) is 16.8. The van der Waals surface area contributed by atoms with Gasteiger partial charge in [-0.2, -0.15) is 0 Å². The van der Waals surface area contributed by atoms with Crippen LogP contribution < -0.4 is 42.0 Å². The molecule has 4 fully saturated rings. The Hall–Kier alpha value is -8.60. The van der Waals surface area contributed by atoms with Crippen LogP contribution in [-0.2, 0) is 75.1 Å². The topological polar surface area (TPSA) is 366 Å². The number of imide groups is 1. The van der Waals surface area contributed by atoms with Crippen molar-refractivity contribution in [3.05, 3.63) is 88.0 Å². The smallest absolute Gasteiger partial charge is 0.409 e. The van der Waals surface area contributed by atoms with Gasteiger partial charge < -0.3 is 75.2 Å².